The Labute approximate surface area is 146 Å². The van der Waals surface area contributed by atoms with Crippen molar-refractivity contribution in [1.82, 2.24) is 0 Å². The predicted octanol–water partition coefficient (Wildman–Crippen LogP) is -1.56. The second-order valence-electron chi connectivity index (χ2n) is 6.83. The fourth-order valence-corrected chi connectivity index (χ4v) is 3.73. The van der Waals surface area contributed by atoms with Crippen LogP contribution in [-0.2, 0) is 14.3 Å². The molecule has 0 aromatic heterocycles. The lowest BCUT2D eigenvalue weighted by atomic mass is 9.78. The molecule has 1 aliphatic heterocycles. The van der Waals surface area contributed by atoms with Crippen LogP contribution in [0.4, 0.5) is 0 Å². The maximum Gasteiger partial charge on any atom is 0.311 e. The Bertz CT molecular complexity index is 454. The largest absolute Gasteiger partial charge is 0.465 e. The van der Waals surface area contributed by atoms with E-state index in [1.54, 1.807) is 6.08 Å². The Hall–Kier alpha value is -1.03. The number of hydrogen-bond acceptors (Lipinski definition) is 8. The van der Waals surface area contributed by atoms with Crippen LogP contribution in [0.5, 0.6) is 0 Å². The second kappa shape index (κ2) is 9.07. The summed E-state index contributed by atoms with van der Waals surface area (Å²) in [5.41, 5.74) is 0. The molecule has 5 N–H and O–H groups in total. The van der Waals surface area contributed by atoms with Crippen LogP contribution in [0, 0.1) is 23.7 Å². The van der Waals surface area contributed by atoms with Crippen LogP contribution in [0.15, 0.2) is 12.7 Å². The molecule has 8 nitrogen and oxygen atoms in total. The minimum Gasteiger partial charge on any atom is -0.465 e. The lowest BCUT2D eigenvalue weighted by molar-refractivity contribution is -0.183. The first-order valence-corrected chi connectivity index (χ1v) is 8.61. The standard InChI is InChI=1S/C17H28O8/c1-2-9(11-3-4-24-17(23)12(11)7-19)8-25-13-5-10(6-18)14(20)16(22)15(13)21/h2,9-16,18-22H,1,3-8H2. The van der Waals surface area contributed by atoms with E-state index in [1.807, 2.05) is 0 Å². The minimum atomic E-state index is -1.40. The number of esters is 1. The van der Waals surface area contributed by atoms with Gasteiger partial charge in [0.1, 0.15) is 12.2 Å². The van der Waals surface area contributed by atoms with Crippen LogP contribution >= 0.6 is 0 Å². The van der Waals surface area contributed by atoms with Crippen LogP contribution in [0.2, 0.25) is 0 Å². The Morgan fingerprint density at radius 3 is 2.52 bits per heavy atom. The first-order valence-electron chi connectivity index (χ1n) is 8.61. The predicted molar refractivity (Wildman–Crippen MR) is 86.3 cm³/mol. The van der Waals surface area contributed by atoms with Gasteiger partial charge in [0.25, 0.3) is 0 Å². The summed E-state index contributed by atoms with van der Waals surface area (Å²) in [4.78, 5) is 11.8. The van der Waals surface area contributed by atoms with Crippen LogP contribution in [0.25, 0.3) is 0 Å². The van der Waals surface area contributed by atoms with Gasteiger partial charge in [-0.05, 0) is 18.8 Å². The maximum atomic E-state index is 11.8. The van der Waals surface area contributed by atoms with Crippen molar-refractivity contribution < 1.29 is 39.8 Å². The molecule has 1 saturated carbocycles. The average Bonchev–Trinajstić information content (AvgIpc) is 2.62. The van der Waals surface area contributed by atoms with E-state index in [-0.39, 0.29) is 44.7 Å². The van der Waals surface area contributed by atoms with E-state index < -0.39 is 42.2 Å². The highest BCUT2D eigenvalue weighted by molar-refractivity contribution is 5.73. The van der Waals surface area contributed by atoms with Gasteiger partial charge in [-0.25, -0.2) is 0 Å². The number of aliphatic hydroxyl groups is 5. The number of rotatable bonds is 7. The molecule has 0 aromatic carbocycles. The average molecular weight is 360 g/mol. The highest BCUT2D eigenvalue weighted by atomic mass is 16.5. The van der Waals surface area contributed by atoms with Crippen molar-refractivity contribution in [3.63, 3.8) is 0 Å². The highest BCUT2D eigenvalue weighted by Crippen LogP contribution is 2.33. The monoisotopic (exact) mass is 360 g/mol. The normalized spacial score (nSPS) is 40.4. The number of ether oxygens (including phenoxy) is 2. The summed E-state index contributed by atoms with van der Waals surface area (Å²) in [6, 6.07) is 0. The number of carbonyl (C=O) groups is 1. The third kappa shape index (κ3) is 4.39. The zero-order valence-corrected chi connectivity index (χ0v) is 14.1. The molecule has 0 aromatic rings. The molecular weight excluding hydrogens is 332 g/mol. The third-order valence-corrected chi connectivity index (χ3v) is 5.40. The Morgan fingerprint density at radius 1 is 1.20 bits per heavy atom. The molecule has 8 heteroatoms. The molecule has 0 spiro atoms. The quantitative estimate of drug-likeness (QED) is 0.272. The van der Waals surface area contributed by atoms with E-state index in [4.69, 9.17) is 9.47 Å². The summed E-state index contributed by atoms with van der Waals surface area (Å²) in [6.07, 6.45) is -2.19. The zero-order valence-electron chi connectivity index (χ0n) is 14.1. The van der Waals surface area contributed by atoms with Gasteiger partial charge in [0.2, 0.25) is 0 Å². The summed E-state index contributed by atoms with van der Waals surface area (Å²) in [5, 5.41) is 48.6. The van der Waals surface area contributed by atoms with Crippen molar-refractivity contribution in [1.29, 1.82) is 0 Å². The molecule has 144 valence electrons. The van der Waals surface area contributed by atoms with Gasteiger partial charge in [-0.3, -0.25) is 4.79 Å². The molecule has 2 rings (SSSR count). The molecule has 8 atom stereocenters. The summed E-state index contributed by atoms with van der Waals surface area (Å²) < 4.78 is 10.7. The molecule has 2 fully saturated rings. The molecule has 1 saturated heterocycles. The Balaban J connectivity index is 1.99. The first kappa shape index (κ1) is 20.3. The Morgan fingerprint density at radius 2 is 1.92 bits per heavy atom. The first-order chi connectivity index (χ1) is 11.9. The van der Waals surface area contributed by atoms with Crippen LogP contribution in [0.1, 0.15) is 12.8 Å². The topological polar surface area (TPSA) is 137 Å². The smallest absolute Gasteiger partial charge is 0.311 e. The molecule has 8 unspecified atom stereocenters. The summed E-state index contributed by atoms with van der Waals surface area (Å²) >= 11 is 0. The summed E-state index contributed by atoms with van der Waals surface area (Å²) in [7, 11) is 0. The Kier molecular flexibility index (Phi) is 7.36. The molecule has 0 bridgehead atoms. The van der Waals surface area contributed by atoms with Crippen molar-refractivity contribution in [2.45, 2.75) is 37.3 Å². The number of aliphatic hydroxyl groups excluding tert-OH is 5. The van der Waals surface area contributed by atoms with Gasteiger partial charge in [0.05, 0.1) is 37.9 Å². The third-order valence-electron chi connectivity index (χ3n) is 5.40. The van der Waals surface area contributed by atoms with E-state index in [2.05, 4.69) is 6.58 Å². The molecule has 2 aliphatic rings. The maximum absolute atomic E-state index is 11.8. The van der Waals surface area contributed by atoms with Crippen molar-refractivity contribution in [2.24, 2.45) is 23.7 Å². The fraction of sp³-hybridized carbons (Fsp3) is 0.824. The van der Waals surface area contributed by atoms with Crippen LogP contribution in [0.3, 0.4) is 0 Å². The van der Waals surface area contributed by atoms with Gasteiger partial charge in [-0.2, -0.15) is 0 Å². The zero-order chi connectivity index (χ0) is 18.6. The van der Waals surface area contributed by atoms with E-state index in [0.29, 0.717) is 6.42 Å². The molecule has 0 radical (unpaired) electrons. The molecule has 1 aliphatic carbocycles. The van der Waals surface area contributed by atoms with Crippen molar-refractivity contribution in [3.05, 3.63) is 12.7 Å². The SMILES string of the molecule is C=CC(COC1CC(CO)C(O)C(O)C1O)C1CCOC(=O)C1CO. The van der Waals surface area contributed by atoms with Gasteiger partial charge in [0, 0.05) is 18.4 Å². The molecular formula is C17H28O8. The van der Waals surface area contributed by atoms with Gasteiger partial charge in [-0.1, -0.05) is 6.08 Å². The van der Waals surface area contributed by atoms with Crippen molar-refractivity contribution in [3.8, 4) is 0 Å². The fourth-order valence-electron chi connectivity index (χ4n) is 3.73. The van der Waals surface area contributed by atoms with Crippen LogP contribution < -0.4 is 0 Å². The molecule has 1 heterocycles. The van der Waals surface area contributed by atoms with Gasteiger partial charge >= 0.3 is 5.97 Å². The summed E-state index contributed by atoms with van der Waals surface area (Å²) in [6.45, 7) is 3.53. The minimum absolute atomic E-state index is 0.140. The van der Waals surface area contributed by atoms with Crippen molar-refractivity contribution in [2.75, 3.05) is 26.4 Å². The van der Waals surface area contributed by atoms with Gasteiger partial charge < -0.3 is 35.0 Å². The molecule has 25 heavy (non-hydrogen) atoms. The van der Waals surface area contributed by atoms with E-state index in [9.17, 15) is 30.3 Å². The van der Waals surface area contributed by atoms with E-state index in [0.717, 1.165) is 0 Å². The second-order valence-corrected chi connectivity index (χ2v) is 6.83. The van der Waals surface area contributed by atoms with E-state index in [1.165, 1.54) is 0 Å². The number of carbonyl (C=O) groups excluding carboxylic acids is 1. The van der Waals surface area contributed by atoms with Crippen LogP contribution in [-0.4, -0.2) is 82.3 Å². The lowest BCUT2D eigenvalue weighted by Gasteiger charge is -2.40. The number of cyclic esters (lactones) is 1. The van der Waals surface area contributed by atoms with E-state index >= 15 is 0 Å². The lowest BCUT2D eigenvalue weighted by Crippen LogP contribution is -2.55. The van der Waals surface area contributed by atoms with Gasteiger partial charge in [0.15, 0.2) is 0 Å². The summed E-state index contributed by atoms with van der Waals surface area (Å²) in [5.74, 6) is -2.10. The van der Waals surface area contributed by atoms with Gasteiger partial charge in [-0.15, -0.1) is 6.58 Å². The molecule has 0 amide bonds. The number of hydrogen-bond donors (Lipinski definition) is 5. The highest BCUT2D eigenvalue weighted by Gasteiger charge is 2.44. The van der Waals surface area contributed by atoms with Crippen molar-refractivity contribution >= 4 is 5.97 Å².